The lowest BCUT2D eigenvalue weighted by molar-refractivity contribution is -0.150. The minimum Gasteiger partial charge on any atom is -0.486 e. The SMILES string of the molecule is CCCCN(Cc1ccc(CC)cc1)c1ccc(C[C@H](OCC)C(=O)O)c(OCC=O)c1. The Morgan fingerprint density at radius 1 is 1.09 bits per heavy atom. The fourth-order valence-electron chi connectivity index (χ4n) is 3.53. The van der Waals surface area contributed by atoms with E-state index in [1.807, 2.05) is 18.2 Å². The summed E-state index contributed by atoms with van der Waals surface area (Å²) in [6.45, 7) is 7.93. The number of hydrogen-bond donors (Lipinski definition) is 1. The molecule has 0 saturated carbocycles. The Hall–Kier alpha value is -2.86. The number of carboxylic acids is 1. The van der Waals surface area contributed by atoms with Gasteiger partial charge in [-0.3, -0.25) is 4.79 Å². The summed E-state index contributed by atoms with van der Waals surface area (Å²) in [5.41, 5.74) is 4.22. The monoisotopic (exact) mass is 441 g/mol. The summed E-state index contributed by atoms with van der Waals surface area (Å²) < 4.78 is 11.0. The predicted molar refractivity (Wildman–Crippen MR) is 127 cm³/mol. The van der Waals surface area contributed by atoms with Crippen LogP contribution in [-0.2, 0) is 33.7 Å². The summed E-state index contributed by atoms with van der Waals surface area (Å²) in [6, 6.07) is 14.4. The van der Waals surface area contributed by atoms with Crippen LogP contribution in [0.2, 0.25) is 0 Å². The third-order valence-corrected chi connectivity index (χ3v) is 5.36. The lowest BCUT2D eigenvalue weighted by atomic mass is 10.0. The number of aryl methyl sites for hydroxylation is 1. The van der Waals surface area contributed by atoms with Crippen molar-refractivity contribution >= 4 is 17.9 Å². The van der Waals surface area contributed by atoms with E-state index in [0.29, 0.717) is 24.2 Å². The van der Waals surface area contributed by atoms with Gasteiger partial charge in [0.1, 0.15) is 12.4 Å². The third-order valence-electron chi connectivity index (χ3n) is 5.36. The molecule has 0 saturated heterocycles. The maximum absolute atomic E-state index is 11.5. The molecule has 2 aromatic rings. The largest absolute Gasteiger partial charge is 0.486 e. The number of carboxylic acid groups (broad SMARTS) is 1. The van der Waals surface area contributed by atoms with Gasteiger partial charge in [-0.15, -0.1) is 0 Å². The summed E-state index contributed by atoms with van der Waals surface area (Å²) in [5, 5.41) is 9.44. The van der Waals surface area contributed by atoms with E-state index in [-0.39, 0.29) is 13.0 Å². The number of carbonyl (C=O) groups excluding carboxylic acids is 1. The first kappa shape index (κ1) is 25.4. The van der Waals surface area contributed by atoms with Gasteiger partial charge in [0, 0.05) is 37.9 Å². The van der Waals surface area contributed by atoms with Crippen molar-refractivity contribution in [3.8, 4) is 5.75 Å². The van der Waals surface area contributed by atoms with Crippen LogP contribution in [0, 0.1) is 0 Å². The van der Waals surface area contributed by atoms with E-state index in [1.165, 1.54) is 11.1 Å². The van der Waals surface area contributed by atoms with Crippen LogP contribution in [0.4, 0.5) is 5.69 Å². The minimum atomic E-state index is -1.02. The maximum Gasteiger partial charge on any atom is 0.333 e. The second-order valence-corrected chi connectivity index (χ2v) is 7.70. The molecule has 32 heavy (non-hydrogen) atoms. The number of ether oxygens (including phenoxy) is 2. The Morgan fingerprint density at radius 2 is 1.81 bits per heavy atom. The van der Waals surface area contributed by atoms with E-state index in [4.69, 9.17) is 9.47 Å². The van der Waals surface area contributed by atoms with Gasteiger partial charge in [0.2, 0.25) is 0 Å². The second kappa shape index (κ2) is 13.5. The standard InChI is InChI=1S/C26H35NO5/c1-4-7-14-27(19-21-10-8-20(5-2)9-11-21)23-13-12-22(24(18-23)32-16-15-28)17-25(26(29)30)31-6-3/h8-13,15,18,25H,4-7,14,16-17,19H2,1-3H3,(H,29,30)/t25-/m0/s1. The highest BCUT2D eigenvalue weighted by Gasteiger charge is 2.21. The molecule has 0 aliphatic carbocycles. The van der Waals surface area contributed by atoms with Crippen molar-refractivity contribution in [2.24, 2.45) is 0 Å². The molecule has 6 heteroatoms. The van der Waals surface area contributed by atoms with Crippen molar-refractivity contribution < 1.29 is 24.2 Å². The molecule has 0 aromatic heterocycles. The van der Waals surface area contributed by atoms with Crippen LogP contribution < -0.4 is 9.64 Å². The zero-order valence-corrected chi connectivity index (χ0v) is 19.4. The highest BCUT2D eigenvalue weighted by molar-refractivity contribution is 5.73. The Bertz CT molecular complexity index is 850. The predicted octanol–water partition coefficient (Wildman–Crippen LogP) is 4.67. The number of rotatable bonds is 15. The molecule has 0 unspecified atom stereocenters. The molecule has 2 rings (SSSR count). The Kier molecular flexibility index (Phi) is 10.7. The lowest BCUT2D eigenvalue weighted by Gasteiger charge is -2.26. The number of benzene rings is 2. The molecule has 2 aromatic carbocycles. The molecule has 1 N–H and O–H groups in total. The Morgan fingerprint density at radius 3 is 2.41 bits per heavy atom. The fourth-order valence-corrected chi connectivity index (χ4v) is 3.53. The third kappa shape index (κ3) is 7.68. The van der Waals surface area contributed by atoms with Crippen LogP contribution in [-0.4, -0.2) is 43.2 Å². The molecule has 0 bridgehead atoms. The first-order chi connectivity index (χ1) is 15.5. The van der Waals surface area contributed by atoms with Gasteiger partial charge in [0.15, 0.2) is 12.4 Å². The number of aliphatic carboxylic acids is 1. The van der Waals surface area contributed by atoms with Crippen LogP contribution >= 0.6 is 0 Å². The van der Waals surface area contributed by atoms with Crippen LogP contribution in [0.5, 0.6) is 5.75 Å². The minimum absolute atomic E-state index is 0.0870. The summed E-state index contributed by atoms with van der Waals surface area (Å²) in [5.74, 6) is -0.499. The highest BCUT2D eigenvalue weighted by Crippen LogP contribution is 2.29. The van der Waals surface area contributed by atoms with Crippen LogP contribution in [0.1, 0.15) is 50.3 Å². The van der Waals surface area contributed by atoms with Crippen LogP contribution in [0.15, 0.2) is 42.5 Å². The van der Waals surface area contributed by atoms with Crippen molar-refractivity contribution in [3.05, 3.63) is 59.2 Å². The Balaban J connectivity index is 2.32. The molecule has 0 heterocycles. The molecule has 0 amide bonds. The van der Waals surface area contributed by atoms with E-state index in [2.05, 4.69) is 43.0 Å². The average molecular weight is 442 g/mol. The molecule has 0 aliphatic heterocycles. The summed E-state index contributed by atoms with van der Waals surface area (Å²) >= 11 is 0. The van der Waals surface area contributed by atoms with Gasteiger partial charge in [-0.2, -0.15) is 0 Å². The molecular formula is C26H35NO5. The van der Waals surface area contributed by atoms with Gasteiger partial charge in [0.05, 0.1) is 0 Å². The molecule has 0 fully saturated rings. The van der Waals surface area contributed by atoms with Gasteiger partial charge in [-0.1, -0.05) is 50.6 Å². The molecule has 0 aliphatic rings. The second-order valence-electron chi connectivity index (χ2n) is 7.70. The summed E-state index contributed by atoms with van der Waals surface area (Å²) in [7, 11) is 0. The van der Waals surface area contributed by atoms with Crippen LogP contribution in [0.25, 0.3) is 0 Å². The number of anilines is 1. The van der Waals surface area contributed by atoms with Crippen LogP contribution in [0.3, 0.4) is 0 Å². The van der Waals surface area contributed by atoms with Crippen molar-refractivity contribution in [2.75, 3.05) is 24.7 Å². The number of unbranched alkanes of at least 4 members (excludes halogenated alkanes) is 1. The van der Waals surface area contributed by atoms with Crippen molar-refractivity contribution in [2.45, 2.75) is 59.1 Å². The van der Waals surface area contributed by atoms with E-state index >= 15 is 0 Å². The number of hydrogen-bond acceptors (Lipinski definition) is 5. The molecule has 0 radical (unpaired) electrons. The number of aldehydes is 1. The van der Waals surface area contributed by atoms with E-state index in [1.54, 1.807) is 6.92 Å². The molecule has 0 spiro atoms. The lowest BCUT2D eigenvalue weighted by Crippen LogP contribution is -2.27. The van der Waals surface area contributed by atoms with E-state index < -0.39 is 12.1 Å². The Labute approximate surface area is 191 Å². The summed E-state index contributed by atoms with van der Waals surface area (Å²) in [4.78, 5) is 24.7. The molecule has 174 valence electrons. The van der Waals surface area contributed by atoms with Gasteiger partial charge in [0.25, 0.3) is 0 Å². The van der Waals surface area contributed by atoms with Crippen molar-refractivity contribution in [1.82, 2.24) is 0 Å². The van der Waals surface area contributed by atoms with Gasteiger partial charge < -0.3 is 19.5 Å². The zero-order valence-electron chi connectivity index (χ0n) is 19.4. The van der Waals surface area contributed by atoms with Crippen molar-refractivity contribution in [3.63, 3.8) is 0 Å². The van der Waals surface area contributed by atoms with E-state index in [9.17, 15) is 14.7 Å². The van der Waals surface area contributed by atoms with Gasteiger partial charge >= 0.3 is 5.97 Å². The summed E-state index contributed by atoms with van der Waals surface area (Å²) in [6.07, 6.45) is 3.04. The zero-order chi connectivity index (χ0) is 23.3. The van der Waals surface area contributed by atoms with Gasteiger partial charge in [-0.25, -0.2) is 4.79 Å². The van der Waals surface area contributed by atoms with E-state index in [0.717, 1.165) is 38.0 Å². The average Bonchev–Trinajstić information content (AvgIpc) is 2.81. The molecular weight excluding hydrogens is 406 g/mol. The molecule has 1 atom stereocenters. The number of carbonyl (C=O) groups is 2. The first-order valence-electron chi connectivity index (χ1n) is 11.4. The quantitative estimate of drug-likeness (QED) is 0.405. The fraction of sp³-hybridized carbons (Fsp3) is 0.462. The normalized spacial score (nSPS) is 11.7. The highest BCUT2D eigenvalue weighted by atomic mass is 16.5. The van der Waals surface area contributed by atoms with Gasteiger partial charge in [-0.05, 0) is 42.5 Å². The first-order valence-corrected chi connectivity index (χ1v) is 11.4. The number of nitrogens with zero attached hydrogens (tertiary/aromatic N) is 1. The molecule has 6 nitrogen and oxygen atoms in total. The van der Waals surface area contributed by atoms with Crippen molar-refractivity contribution in [1.29, 1.82) is 0 Å². The smallest absolute Gasteiger partial charge is 0.333 e. The topological polar surface area (TPSA) is 76.1 Å². The maximum atomic E-state index is 11.5.